The molecule has 0 heterocycles. The van der Waals surface area contributed by atoms with Crippen molar-refractivity contribution in [2.24, 2.45) is 0 Å². The number of carbonyl (C=O) groups is 2. The summed E-state index contributed by atoms with van der Waals surface area (Å²) in [6, 6.07) is 7.78. The molecule has 13 heteroatoms. The predicted octanol–water partition coefficient (Wildman–Crippen LogP) is 5.89. The lowest BCUT2D eigenvalue weighted by molar-refractivity contribution is -0.140. The summed E-state index contributed by atoms with van der Waals surface area (Å²) in [4.78, 5) is 27.6. The van der Waals surface area contributed by atoms with Crippen LogP contribution in [0.2, 0.25) is 10.0 Å². The number of nitrogens with zero attached hydrogens (tertiary/aromatic N) is 2. The number of benzene rings is 2. The van der Waals surface area contributed by atoms with Crippen LogP contribution in [0, 0.1) is 0 Å². The first-order chi connectivity index (χ1) is 18.1. The Hall–Kier alpha value is -2.50. The van der Waals surface area contributed by atoms with E-state index in [9.17, 15) is 31.2 Å². The number of halogens is 5. The van der Waals surface area contributed by atoms with Gasteiger partial charge in [-0.15, -0.1) is 0 Å². The van der Waals surface area contributed by atoms with E-state index >= 15 is 0 Å². The number of anilines is 1. The first kappa shape index (κ1) is 32.7. The highest BCUT2D eigenvalue weighted by Crippen LogP contribution is 2.32. The maximum atomic E-state index is 13.4. The predicted molar refractivity (Wildman–Crippen MR) is 147 cm³/mol. The van der Waals surface area contributed by atoms with E-state index in [4.69, 9.17) is 23.2 Å². The Kier molecular flexibility index (Phi) is 11.5. The van der Waals surface area contributed by atoms with Crippen LogP contribution in [0.1, 0.15) is 51.2 Å². The molecule has 2 aromatic rings. The topological polar surface area (TPSA) is 86.8 Å². The Labute approximate surface area is 237 Å². The summed E-state index contributed by atoms with van der Waals surface area (Å²) < 4.78 is 65.2. The summed E-state index contributed by atoms with van der Waals surface area (Å²) in [5.41, 5.74) is -0.714. The third-order valence-corrected chi connectivity index (χ3v) is 8.07. The average molecular weight is 611 g/mol. The third-order valence-electron chi connectivity index (χ3n) is 6.17. The van der Waals surface area contributed by atoms with Crippen molar-refractivity contribution in [1.29, 1.82) is 0 Å². The lowest BCUT2D eigenvalue weighted by atomic mass is 10.1. The number of amides is 2. The highest BCUT2D eigenvalue weighted by atomic mass is 35.5. The van der Waals surface area contributed by atoms with Crippen molar-refractivity contribution in [2.75, 3.05) is 17.1 Å². The molecule has 7 nitrogen and oxygen atoms in total. The molecule has 2 atom stereocenters. The van der Waals surface area contributed by atoms with Crippen molar-refractivity contribution in [3.63, 3.8) is 0 Å². The van der Waals surface area contributed by atoms with Crippen LogP contribution in [0.3, 0.4) is 0 Å². The fourth-order valence-corrected chi connectivity index (χ4v) is 5.22. The number of alkyl halides is 3. The van der Waals surface area contributed by atoms with Crippen LogP contribution < -0.4 is 9.62 Å². The van der Waals surface area contributed by atoms with Gasteiger partial charge in [-0.25, -0.2) is 8.42 Å². The van der Waals surface area contributed by atoms with Crippen LogP contribution in [0.4, 0.5) is 18.9 Å². The number of nitrogens with one attached hydrogen (secondary N) is 1. The standard InChI is InChI=1S/C26H32Cl2F3N3O4S/c1-5-17(2)32-25(36)18(3)33(16-21-22(27)11-7-12-23(21)28)24(35)13-8-14-34(39(4,37)38)20-10-6-9-19(15-20)26(29,30)31/h6-7,9-12,15,17-18H,5,8,13-14,16H2,1-4H3,(H,32,36)/t17-,18+/m1/s1. The van der Waals surface area contributed by atoms with Crippen LogP contribution >= 0.6 is 23.2 Å². The number of carbonyl (C=O) groups excluding carboxylic acids is 2. The summed E-state index contributed by atoms with van der Waals surface area (Å²) in [5, 5.41) is 3.45. The molecule has 39 heavy (non-hydrogen) atoms. The lowest BCUT2D eigenvalue weighted by Gasteiger charge is -2.30. The van der Waals surface area contributed by atoms with E-state index in [0.717, 1.165) is 28.8 Å². The largest absolute Gasteiger partial charge is 0.416 e. The number of sulfonamides is 1. The summed E-state index contributed by atoms with van der Waals surface area (Å²) in [6.07, 6.45) is -3.30. The Bertz CT molecular complexity index is 1260. The second kappa shape index (κ2) is 13.7. The van der Waals surface area contributed by atoms with Crippen molar-refractivity contribution in [1.82, 2.24) is 10.2 Å². The van der Waals surface area contributed by atoms with Crippen molar-refractivity contribution in [2.45, 2.75) is 64.8 Å². The molecule has 2 rings (SSSR count). The minimum atomic E-state index is -4.65. The molecule has 0 fully saturated rings. The molecule has 0 saturated heterocycles. The zero-order valence-electron chi connectivity index (χ0n) is 22.1. The minimum Gasteiger partial charge on any atom is -0.352 e. The van der Waals surface area contributed by atoms with Gasteiger partial charge in [0, 0.05) is 41.2 Å². The number of rotatable bonds is 12. The summed E-state index contributed by atoms with van der Waals surface area (Å²) in [7, 11) is -3.96. The lowest BCUT2D eigenvalue weighted by Crippen LogP contribution is -2.49. The van der Waals surface area contributed by atoms with Gasteiger partial charge in [-0.2, -0.15) is 13.2 Å². The summed E-state index contributed by atoms with van der Waals surface area (Å²) in [6.45, 7) is 4.97. The quantitative estimate of drug-likeness (QED) is 0.325. The van der Waals surface area contributed by atoms with Gasteiger partial charge in [-0.1, -0.05) is 42.3 Å². The van der Waals surface area contributed by atoms with Gasteiger partial charge in [0.05, 0.1) is 17.5 Å². The fraction of sp³-hybridized carbons (Fsp3) is 0.462. The molecular formula is C26H32Cl2F3N3O4S. The SMILES string of the molecule is CC[C@@H](C)NC(=O)[C@H](C)N(Cc1c(Cl)cccc1Cl)C(=O)CCCN(c1cccc(C(F)(F)F)c1)S(C)(=O)=O. The first-order valence-electron chi connectivity index (χ1n) is 12.2. The third kappa shape index (κ3) is 9.29. The van der Waals surface area contributed by atoms with E-state index in [0.29, 0.717) is 22.0 Å². The molecule has 0 spiro atoms. The van der Waals surface area contributed by atoms with Crippen LogP contribution in [-0.4, -0.2) is 50.0 Å². The molecule has 0 radical (unpaired) electrons. The van der Waals surface area contributed by atoms with Crippen molar-refractivity contribution < 1.29 is 31.2 Å². The summed E-state index contributed by atoms with van der Waals surface area (Å²) in [5.74, 6) is -0.863. The fourth-order valence-electron chi connectivity index (χ4n) is 3.74. The van der Waals surface area contributed by atoms with E-state index in [1.165, 1.54) is 11.0 Å². The second-order valence-electron chi connectivity index (χ2n) is 9.20. The molecule has 2 amide bonds. The molecule has 0 aliphatic carbocycles. The molecule has 0 bridgehead atoms. The molecular weight excluding hydrogens is 578 g/mol. The molecule has 0 saturated carbocycles. The Morgan fingerprint density at radius 3 is 2.18 bits per heavy atom. The van der Waals surface area contributed by atoms with E-state index in [-0.39, 0.29) is 43.6 Å². The van der Waals surface area contributed by atoms with Crippen molar-refractivity contribution in [3.05, 3.63) is 63.6 Å². The van der Waals surface area contributed by atoms with Gasteiger partial charge in [0.25, 0.3) is 0 Å². The summed E-state index contributed by atoms with van der Waals surface area (Å²) >= 11 is 12.6. The highest BCUT2D eigenvalue weighted by molar-refractivity contribution is 7.92. The van der Waals surface area contributed by atoms with Crippen molar-refractivity contribution >= 4 is 50.7 Å². The van der Waals surface area contributed by atoms with Crippen LogP contribution in [-0.2, 0) is 32.3 Å². The number of hydrogen-bond donors (Lipinski definition) is 1. The van der Waals surface area contributed by atoms with E-state index in [2.05, 4.69) is 5.32 Å². The van der Waals surface area contributed by atoms with Gasteiger partial charge in [-0.05, 0) is 57.0 Å². The Balaban J connectivity index is 2.27. The van der Waals surface area contributed by atoms with Crippen LogP contribution in [0.15, 0.2) is 42.5 Å². The molecule has 216 valence electrons. The molecule has 2 aromatic carbocycles. The van der Waals surface area contributed by atoms with Gasteiger partial charge >= 0.3 is 6.18 Å². The van der Waals surface area contributed by atoms with Gasteiger partial charge in [0.1, 0.15) is 6.04 Å². The van der Waals surface area contributed by atoms with E-state index < -0.39 is 33.7 Å². The zero-order chi connectivity index (χ0) is 29.5. The Morgan fingerprint density at radius 1 is 1.05 bits per heavy atom. The molecule has 0 aliphatic rings. The van der Waals surface area contributed by atoms with Crippen molar-refractivity contribution in [3.8, 4) is 0 Å². The first-order valence-corrected chi connectivity index (χ1v) is 14.8. The van der Waals surface area contributed by atoms with Gasteiger partial charge < -0.3 is 10.2 Å². The monoisotopic (exact) mass is 609 g/mol. The Morgan fingerprint density at radius 2 is 1.64 bits per heavy atom. The van der Waals surface area contributed by atoms with Gasteiger partial charge in [0.2, 0.25) is 21.8 Å². The number of hydrogen-bond acceptors (Lipinski definition) is 4. The van der Waals surface area contributed by atoms with E-state index in [1.54, 1.807) is 25.1 Å². The van der Waals surface area contributed by atoms with Crippen LogP contribution in [0.5, 0.6) is 0 Å². The zero-order valence-corrected chi connectivity index (χ0v) is 24.4. The average Bonchev–Trinajstić information content (AvgIpc) is 2.84. The maximum absolute atomic E-state index is 13.4. The smallest absolute Gasteiger partial charge is 0.352 e. The second-order valence-corrected chi connectivity index (χ2v) is 11.9. The highest BCUT2D eigenvalue weighted by Gasteiger charge is 2.32. The molecule has 0 aliphatic heterocycles. The maximum Gasteiger partial charge on any atom is 0.416 e. The minimum absolute atomic E-state index is 0.0192. The van der Waals surface area contributed by atoms with Gasteiger partial charge in [-0.3, -0.25) is 13.9 Å². The van der Waals surface area contributed by atoms with E-state index in [1.807, 2.05) is 13.8 Å². The molecule has 0 unspecified atom stereocenters. The normalized spacial score (nSPS) is 13.5. The molecule has 1 N–H and O–H groups in total. The van der Waals surface area contributed by atoms with Crippen LogP contribution in [0.25, 0.3) is 0 Å². The van der Waals surface area contributed by atoms with Gasteiger partial charge in [0.15, 0.2) is 0 Å². The molecule has 0 aromatic heterocycles.